The van der Waals surface area contributed by atoms with Crippen molar-refractivity contribution in [2.75, 3.05) is 5.32 Å². The second kappa shape index (κ2) is 5.49. The summed E-state index contributed by atoms with van der Waals surface area (Å²) >= 11 is 0. The van der Waals surface area contributed by atoms with Gasteiger partial charge in [-0.15, -0.1) is 0 Å². The zero-order valence-electron chi connectivity index (χ0n) is 10.4. The summed E-state index contributed by atoms with van der Waals surface area (Å²) in [6.07, 6.45) is 1.58. The Labute approximate surface area is 106 Å². The van der Waals surface area contributed by atoms with Crippen molar-refractivity contribution in [3.63, 3.8) is 0 Å². The Morgan fingerprint density at radius 2 is 1.83 bits per heavy atom. The topological polar surface area (TPSA) is 34.1 Å². The maximum absolute atomic E-state index is 12.9. The standard InChI is InChI=1S/C14H15FN2O/c1-10(2)18-13-5-3-11(4-6-13)17-12-7-8-16-14(15)9-12/h3-10H,1-2H3,(H,16,17). The fraction of sp³-hybridized carbons (Fsp3) is 0.214. The minimum Gasteiger partial charge on any atom is -0.491 e. The van der Waals surface area contributed by atoms with Crippen molar-refractivity contribution in [1.29, 1.82) is 0 Å². The van der Waals surface area contributed by atoms with Crippen LogP contribution in [0, 0.1) is 5.95 Å². The number of ether oxygens (including phenoxy) is 1. The van der Waals surface area contributed by atoms with Crippen LogP contribution >= 0.6 is 0 Å². The van der Waals surface area contributed by atoms with Gasteiger partial charge in [0.05, 0.1) is 6.10 Å². The van der Waals surface area contributed by atoms with Crippen LogP contribution in [0.4, 0.5) is 15.8 Å². The molecule has 0 unspecified atom stereocenters. The Bertz CT molecular complexity index is 511. The van der Waals surface area contributed by atoms with Gasteiger partial charge in [0.2, 0.25) is 5.95 Å². The Kier molecular flexibility index (Phi) is 3.77. The van der Waals surface area contributed by atoms with Crippen LogP contribution in [0.3, 0.4) is 0 Å². The molecule has 0 saturated heterocycles. The van der Waals surface area contributed by atoms with Crippen LogP contribution in [-0.4, -0.2) is 11.1 Å². The number of aromatic nitrogens is 1. The molecule has 0 atom stereocenters. The third kappa shape index (κ3) is 3.45. The average molecular weight is 246 g/mol. The van der Waals surface area contributed by atoms with E-state index in [1.54, 1.807) is 6.07 Å². The van der Waals surface area contributed by atoms with E-state index in [0.29, 0.717) is 5.69 Å². The van der Waals surface area contributed by atoms with Crippen LogP contribution in [-0.2, 0) is 0 Å². The fourth-order valence-electron chi connectivity index (χ4n) is 1.54. The molecule has 18 heavy (non-hydrogen) atoms. The number of pyridine rings is 1. The van der Waals surface area contributed by atoms with E-state index >= 15 is 0 Å². The molecule has 4 heteroatoms. The molecule has 0 aliphatic carbocycles. The summed E-state index contributed by atoms with van der Waals surface area (Å²) in [6, 6.07) is 10.6. The Morgan fingerprint density at radius 1 is 1.11 bits per heavy atom. The molecule has 3 nitrogen and oxygen atoms in total. The first-order chi connectivity index (χ1) is 8.63. The first-order valence-corrected chi connectivity index (χ1v) is 5.79. The molecule has 0 amide bonds. The second-order valence-electron chi connectivity index (χ2n) is 4.18. The van der Waals surface area contributed by atoms with E-state index in [4.69, 9.17) is 4.74 Å². The van der Waals surface area contributed by atoms with Crippen LogP contribution < -0.4 is 10.1 Å². The summed E-state index contributed by atoms with van der Waals surface area (Å²) in [6.45, 7) is 3.96. The summed E-state index contributed by atoms with van der Waals surface area (Å²) in [5.74, 6) is 0.316. The van der Waals surface area contributed by atoms with Crippen LogP contribution in [0.1, 0.15) is 13.8 Å². The van der Waals surface area contributed by atoms with Crippen molar-refractivity contribution in [2.45, 2.75) is 20.0 Å². The van der Waals surface area contributed by atoms with E-state index < -0.39 is 5.95 Å². The maximum Gasteiger partial charge on any atom is 0.214 e. The lowest BCUT2D eigenvalue weighted by Gasteiger charge is -2.11. The van der Waals surface area contributed by atoms with Crippen molar-refractivity contribution >= 4 is 11.4 Å². The predicted molar refractivity (Wildman–Crippen MR) is 69.7 cm³/mol. The highest BCUT2D eigenvalue weighted by molar-refractivity contribution is 5.59. The molecule has 0 bridgehead atoms. The number of benzene rings is 1. The van der Waals surface area contributed by atoms with Crippen molar-refractivity contribution in [3.8, 4) is 5.75 Å². The summed E-state index contributed by atoms with van der Waals surface area (Å²) in [5.41, 5.74) is 1.54. The summed E-state index contributed by atoms with van der Waals surface area (Å²) < 4.78 is 18.4. The Morgan fingerprint density at radius 3 is 2.44 bits per heavy atom. The normalized spacial score (nSPS) is 10.4. The molecule has 0 aliphatic heterocycles. The van der Waals surface area contributed by atoms with E-state index in [9.17, 15) is 4.39 Å². The van der Waals surface area contributed by atoms with Crippen molar-refractivity contribution in [1.82, 2.24) is 4.98 Å². The van der Waals surface area contributed by atoms with E-state index in [0.717, 1.165) is 11.4 Å². The lowest BCUT2D eigenvalue weighted by Crippen LogP contribution is -2.05. The lowest BCUT2D eigenvalue weighted by molar-refractivity contribution is 0.242. The first-order valence-electron chi connectivity index (χ1n) is 5.79. The van der Waals surface area contributed by atoms with Crippen molar-refractivity contribution in [2.24, 2.45) is 0 Å². The first kappa shape index (κ1) is 12.4. The molecule has 0 spiro atoms. The summed E-state index contributed by atoms with van der Waals surface area (Å²) in [4.78, 5) is 3.50. The van der Waals surface area contributed by atoms with Gasteiger partial charge in [-0.1, -0.05) is 0 Å². The molecule has 0 aliphatic rings. The molecule has 1 aromatic heterocycles. The van der Waals surface area contributed by atoms with Gasteiger partial charge >= 0.3 is 0 Å². The highest BCUT2D eigenvalue weighted by Crippen LogP contribution is 2.20. The molecule has 0 saturated carbocycles. The van der Waals surface area contributed by atoms with Crippen molar-refractivity contribution in [3.05, 3.63) is 48.5 Å². The Hall–Kier alpha value is -2.10. The van der Waals surface area contributed by atoms with Crippen LogP contribution in [0.15, 0.2) is 42.6 Å². The number of hydrogen-bond donors (Lipinski definition) is 1. The number of rotatable bonds is 4. The van der Waals surface area contributed by atoms with E-state index in [1.807, 2.05) is 38.1 Å². The van der Waals surface area contributed by atoms with E-state index in [1.165, 1.54) is 12.3 Å². The van der Waals surface area contributed by atoms with Gasteiger partial charge in [0.1, 0.15) is 5.75 Å². The van der Waals surface area contributed by atoms with Gasteiger partial charge in [-0.25, -0.2) is 4.98 Å². The molecule has 94 valence electrons. The summed E-state index contributed by atoms with van der Waals surface area (Å²) in [7, 11) is 0. The minimum atomic E-state index is -0.500. The van der Waals surface area contributed by atoms with Gasteiger partial charge in [-0.2, -0.15) is 4.39 Å². The second-order valence-corrected chi connectivity index (χ2v) is 4.18. The maximum atomic E-state index is 12.9. The number of anilines is 2. The number of halogens is 1. The quantitative estimate of drug-likeness (QED) is 0.834. The van der Waals surface area contributed by atoms with Gasteiger partial charge in [0.25, 0.3) is 0 Å². The van der Waals surface area contributed by atoms with Gasteiger partial charge in [-0.05, 0) is 44.2 Å². The smallest absolute Gasteiger partial charge is 0.214 e. The largest absolute Gasteiger partial charge is 0.491 e. The van der Waals surface area contributed by atoms with Crippen LogP contribution in [0.25, 0.3) is 0 Å². The zero-order valence-corrected chi connectivity index (χ0v) is 10.4. The number of nitrogens with one attached hydrogen (secondary N) is 1. The molecule has 2 rings (SSSR count). The van der Waals surface area contributed by atoms with Gasteiger partial charge in [0.15, 0.2) is 0 Å². The highest BCUT2D eigenvalue weighted by atomic mass is 19.1. The van der Waals surface area contributed by atoms with E-state index in [-0.39, 0.29) is 6.10 Å². The molecular formula is C14H15FN2O. The molecule has 2 aromatic rings. The number of hydrogen-bond acceptors (Lipinski definition) is 3. The van der Waals surface area contributed by atoms with E-state index in [2.05, 4.69) is 10.3 Å². The minimum absolute atomic E-state index is 0.151. The highest BCUT2D eigenvalue weighted by Gasteiger charge is 1.99. The number of nitrogens with zero attached hydrogens (tertiary/aromatic N) is 1. The Balaban J connectivity index is 2.06. The molecular weight excluding hydrogens is 231 g/mol. The molecule has 1 aromatic carbocycles. The third-order valence-electron chi connectivity index (χ3n) is 2.24. The lowest BCUT2D eigenvalue weighted by atomic mass is 10.3. The molecule has 0 radical (unpaired) electrons. The van der Waals surface area contributed by atoms with Gasteiger partial charge < -0.3 is 10.1 Å². The van der Waals surface area contributed by atoms with Crippen molar-refractivity contribution < 1.29 is 9.13 Å². The summed E-state index contributed by atoms with van der Waals surface area (Å²) in [5, 5.41) is 3.09. The molecule has 0 fully saturated rings. The third-order valence-corrected chi connectivity index (χ3v) is 2.24. The zero-order chi connectivity index (χ0) is 13.0. The van der Waals surface area contributed by atoms with Gasteiger partial charge in [-0.3, -0.25) is 0 Å². The SMILES string of the molecule is CC(C)Oc1ccc(Nc2ccnc(F)c2)cc1. The molecule has 1 N–H and O–H groups in total. The van der Waals surface area contributed by atoms with Crippen LogP contribution in [0.5, 0.6) is 5.75 Å². The predicted octanol–water partition coefficient (Wildman–Crippen LogP) is 3.75. The van der Waals surface area contributed by atoms with Gasteiger partial charge in [0, 0.05) is 23.6 Å². The van der Waals surface area contributed by atoms with Crippen LogP contribution in [0.2, 0.25) is 0 Å². The average Bonchev–Trinajstić information content (AvgIpc) is 2.31. The fourth-order valence-corrected chi connectivity index (χ4v) is 1.54. The molecule has 1 heterocycles. The monoisotopic (exact) mass is 246 g/mol.